The zero-order valence-corrected chi connectivity index (χ0v) is 11.7. The third kappa shape index (κ3) is 2.33. The van der Waals surface area contributed by atoms with Crippen LogP contribution in [0.2, 0.25) is 5.28 Å². The maximum atomic E-state index is 5.94. The van der Waals surface area contributed by atoms with Gasteiger partial charge in [0.05, 0.1) is 0 Å². The summed E-state index contributed by atoms with van der Waals surface area (Å²) in [5, 5.41) is 0.367. The van der Waals surface area contributed by atoms with Gasteiger partial charge in [0.25, 0.3) is 0 Å². The standard InChI is InChI=1S/C14H20ClN3/c1-11-10-12(17-13(15)16-11)18-8-6-14(7-9-18)4-2-3-5-14/h10H,2-9H2,1H3. The third-order valence-corrected chi connectivity index (χ3v) is 4.79. The summed E-state index contributed by atoms with van der Waals surface area (Å²) in [6, 6.07) is 2.04. The molecule has 1 aromatic heterocycles. The van der Waals surface area contributed by atoms with E-state index in [9.17, 15) is 0 Å². The summed E-state index contributed by atoms with van der Waals surface area (Å²) in [5.41, 5.74) is 1.61. The van der Waals surface area contributed by atoms with E-state index < -0.39 is 0 Å². The molecule has 0 radical (unpaired) electrons. The molecule has 1 saturated heterocycles. The van der Waals surface area contributed by atoms with Gasteiger partial charge in [-0.05, 0) is 49.6 Å². The molecule has 1 saturated carbocycles. The van der Waals surface area contributed by atoms with Gasteiger partial charge in [0, 0.05) is 24.8 Å². The average molecular weight is 266 g/mol. The molecule has 1 aliphatic carbocycles. The zero-order chi connectivity index (χ0) is 12.6. The highest BCUT2D eigenvalue weighted by Gasteiger charge is 2.37. The van der Waals surface area contributed by atoms with Crippen molar-refractivity contribution >= 4 is 17.4 Å². The molecule has 1 aliphatic heterocycles. The van der Waals surface area contributed by atoms with E-state index >= 15 is 0 Å². The number of hydrogen-bond acceptors (Lipinski definition) is 3. The van der Waals surface area contributed by atoms with Crippen molar-refractivity contribution in [2.75, 3.05) is 18.0 Å². The monoisotopic (exact) mass is 265 g/mol. The number of rotatable bonds is 1. The van der Waals surface area contributed by atoms with Crippen molar-refractivity contribution in [1.82, 2.24) is 9.97 Å². The number of anilines is 1. The molecule has 2 aliphatic rings. The number of halogens is 1. The summed E-state index contributed by atoms with van der Waals surface area (Å²) in [5.74, 6) is 1.00. The molecule has 18 heavy (non-hydrogen) atoms. The Bertz CT molecular complexity index is 410. The summed E-state index contributed by atoms with van der Waals surface area (Å²) in [6.45, 7) is 4.21. The Kier molecular flexibility index (Phi) is 3.18. The van der Waals surface area contributed by atoms with Crippen LogP contribution in [0.5, 0.6) is 0 Å². The van der Waals surface area contributed by atoms with Crippen LogP contribution >= 0.6 is 11.6 Å². The van der Waals surface area contributed by atoms with Gasteiger partial charge in [-0.2, -0.15) is 0 Å². The van der Waals surface area contributed by atoms with E-state index in [1.807, 2.05) is 13.0 Å². The highest BCUT2D eigenvalue weighted by molar-refractivity contribution is 6.28. The predicted octanol–water partition coefficient (Wildman–Crippen LogP) is 3.60. The van der Waals surface area contributed by atoms with Crippen LogP contribution in [0.1, 0.15) is 44.2 Å². The summed E-state index contributed by atoms with van der Waals surface area (Å²) in [6.07, 6.45) is 8.35. The molecule has 1 spiro atoms. The topological polar surface area (TPSA) is 29.0 Å². The maximum Gasteiger partial charge on any atom is 0.224 e. The smallest absolute Gasteiger partial charge is 0.224 e. The minimum Gasteiger partial charge on any atom is -0.356 e. The lowest BCUT2D eigenvalue weighted by molar-refractivity contribution is 0.226. The van der Waals surface area contributed by atoms with Crippen LogP contribution in [-0.2, 0) is 0 Å². The molecule has 2 heterocycles. The first-order valence-electron chi connectivity index (χ1n) is 6.93. The Labute approximate surface area is 114 Å². The summed E-state index contributed by atoms with van der Waals surface area (Å²) in [4.78, 5) is 10.8. The first-order chi connectivity index (χ1) is 8.67. The van der Waals surface area contributed by atoms with E-state index in [2.05, 4.69) is 14.9 Å². The third-order valence-electron chi connectivity index (χ3n) is 4.63. The van der Waals surface area contributed by atoms with Gasteiger partial charge in [-0.1, -0.05) is 12.8 Å². The van der Waals surface area contributed by atoms with Crippen molar-refractivity contribution in [3.63, 3.8) is 0 Å². The molecule has 0 bridgehead atoms. The second-order valence-electron chi connectivity index (χ2n) is 5.83. The Balaban J connectivity index is 1.72. The normalized spacial score (nSPS) is 22.7. The molecular formula is C14H20ClN3. The molecule has 4 heteroatoms. The minimum absolute atomic E-state index is 0.367. The molecular weight excluding hydrogens is 246 g/mol. The van der Waals surface area contributed by atoms with Gasteiger partial charge >= 0.3 is 0 Å². The molecule has 0 unspecified atom stereocenters. The maximum absolute atomic E-state index is 5.94. The molecule has 3 rings (SSSR count). The first kappa shape index (κ1) is 12.2. The molecule has 0 amide bonds. The van der Waals surface area contributed by atoms with Gasteiger partial charge in [-0.15, -0.1) is 0 Å². The van der Waals surface area contributed by atoms with Crippen LogP contribution in [0.15, 0.2) is 6.07 Å². The summed E-state index contributed by atoms with van der Waals surface area (Å²) in [7, 11) is 0. The number of aryl methyl sites for hydroxylation is 1. The summed E-state index contributed by atoms with van der Waals surface area (Å²) < 4.78 is 0. The molecule has 0 aromatic carbocycles. The predicted molar refractivity (Wildman–Crippen MR) is 74.1 cm³/mol. The Hall–Kier alpha value is -0.830. The fourth-order valence-electron chi connectivity index (χ4n) is 3.51. The van der Waals surface area contributed by atoms with Crippen LogP contribution in [0.25, 0.3) is 0 Å². The lowest BCUT2D eigenvalue weighted by Crippen LogP contribution is -2.39. The van der Waals surface area contributed by atoms with Gasteiger partial charge in [0.1, 0.15) is 5.82 Å². The number of nitrogens with zero attached hydrogens (tertiary/aromatic N) is 3. The molecule has 3 nitrogen and oxygen atoms in total. The van der Waals surface area contributed by atoms with Gasteiger partial charge < -0.3 is 4.90 Å². The number of aromatic nitrogens is 2. The molecule has 0 atom stereocenters. The van der Waals surface area contributed by atoms with Crippen LogP contribution in [0.3, 0.4) is 0 Å². The minimum atomic E-state index is 0.367. The van der Waals surface area contributed by atoms with E-state index in [1.54, 1.807) is 0 Å². The van der Waals surface area contributed by atoms with Crippen LogP contribution in [0.4, 0.5) is 5.82 Å². The Morgan fingerprint density at radius 1 is 1.11 bits per heavy atom. The van der Waals surface area contributed by atoms with E-state index in [0.717, 1.165) is 24.6 Å². The first-order valence-corrected chi connectivity index (χ1v) is 7.31. The second-order valence-corrected chi connectivity index (χ2v) is 6.17. The molecule has 1 aromatic rings. The lowest BCUT2D eigenvalue weighted by atomic mass is 9.77. The quantitative estimate of drug-likeness (QED) is 0.727. The van der Waals surface area contributed by atoms with E-state index in [-0.39, 0.29) is 0 Å². The van der Waals surface area contributed by atoms with E-state index in [4.69, 9.17) is 11.6 Å². The van der Waals surface area contributed by atoms with Crippen molar-refractivity contribution in [3.8, 4) is 0 Å². The van der Waals surface area contributed by atoms with Gasteiger partial charge in [-0.25, -0.2) is 9.97 Å². The van der Waals surface area contributed by atoms with Gasteiger partial charge in [0.15, 0.2) is 0 Å². The van der Waals surface area contributed by atoms with E-state index in [0.29, 0.717) is 10.7 Å². The van der Waals surface area contributed by atoms with Gasteiger partial charge in [-0.3, -0.25) is 0 Å². The fourth-order valence-corrected chi connectivity index (χ4v) is 3.73. The summed E-state index contributed by atoms with van der Waals surface area (Å²) >= 11 is 5.94. The van der Waals surface area contributed by atoms with Crippen molar-refractivity contribution in [1.29, 1.82) is 0 Å². The van der Waals surface area contributed by atoms with Gasteiger partial charge in [0.2, 0.25) is 5.28 Å². The average Bonchev–Trinajstić information content (AvgIpc) is 2.77. The highest BCUT2D eigenvalue weighted by atomic mass is 35.5. The van der Waals surface area contributed by atoms with Crippen molar-refractivity contribution in [2.45, 2.75) is 45.4 Å². The SMILES string of the molecule is Cc1cc(N2CCC3(CCCC3)CC2)nc(Cl)n1. The molecule has 98 valence electrons. The highest BCUT2D eigenvalue weighted by Crippen LogP contribution is 2.46. The van der Waals surface area contributed by atoms with Crippen molar-refractivity contribution in [2.24, 2.45) is 5.41 Å². The van der Waals surface area contributed by atoms with Crippen LogP contribution in [-0.4, -0.2) is 23.1 Å². The second kappa shape index (κ2) is 4.69. The van der Waals surface area contributed by atoms with Crippen molar-refractivity contribution < 1.29 is 0 Å². The molecule has 2 fully saturated rings. The molecule has 0 N–H and O–H groups in total. The largest absolute Gasteiger partial charge is 0.356 e. The fraction of sp³-hybridized carbons (Fsp3) is 0.714. The Morgan fingerprint density at radius 3 is 2.39 bits per heavy atom. The Morgan fingerprint density at radius 2 is 1.78 bits per heavy atom. The zero-order valence-electron chi connectivity index (χ0n) is 11.0. The number of piperidine rings is 1. The number of hydrogen-bond donors (Lipinski definition) is 0. The van der Waals surface area contributed by atoms with E-state index in [1.165, 1.54) is 38.5 Å². The van der Waals surface area contributed by atoms with Crippen molar-refractivity contribution in [3.05, 3.63) is 17.0 Å². The van der Waals surface area contributed by atoms with Crippen LogP contribution in [0, 0.1) is 12.3 Å². The van der Waals surface area contributed by atoms with Crippen LogP contribution < -0.4 is 4.90 Å². The lowest BCUT2D eigenvalue weighted by Gasteiger charge is -2.40.